The van der Waals surface area contributed by atoms with E-state index in [0.717, 1.165) is 20.2 Å². The van der Waals surface area contributed by atoms with Gasteiger partial charge >= 0.3 is 6.03 Å². The summed E-state index contributed by atoms with van der Waals surface area (Å²) < 4.78 is 3.81. The highest BCUT2D eigenvalue weighted by Crippen LogP contribution is 2.28. The van der Waals surface area contributed by atoms with Gasteiger partial charge in [0.1, 0.15) is 5.69 Å². The van der Waals surface area contributed by atoms with Crippen molar-refractivity contribution in [1.29, 1.82) is 0 Å². The highest BCUT2D eigenvalue weighted by molar-refractivity contribution is 9.10. The maximum absolute atomic E-state index is 11.2. The number of benzene rings is 1. The Balaban J connectivity index is 2.56. The molecule has 0 radical (unpaired) electrons. The molecule has 1 heterocycles. The molecule has 1 aromatic heterocycles. The van der Waals surface area contributed by atoms with Crippen LogP contribution in [0.25, 0.3) is 5.69 Å². The molecule has 2 aromatic rings. The van der Waals surface area contributed by atoms with E-state index >= 15 is 0 Å². The van der Waals surface area contributed by atoms with Crippen molar-refractivity contribution < 1.29 is 4.79 Å². The molecule has 0 fully saturated rings. The van der Waals surface area contributed by atoms with E-state index in [4.69, 9.17) is 5.73 Å². The molecular weight excluding hydrogens is 328 g/mol. The number of carbonyl (C=O) groups excluding carboxylic acids is 1. The molecule has 1 aromatic carbocycles. The van der Waals surface area contributed by atoms with Gasteiger partial charge in [-0.2, -0.15) is 5.10 Å². The highest BCUT2D eigenvalue weighted by atomic mass is 79.9. The van der Waals surface area contributed by atoms with Gasteiger partial charge in [0.05, 0.1) is 17.1 Å². The zero-order chi connectivity index (χ0) is 14.2. The number of nitrogens with two attached hydrogens (primary N) is 1. The average molecular weight is 341 g/mol. The maximum atomic E-state index is 11.2. The lowest BCUT2D eigenvalue weighted by Crippen LogP contribution is -2.28. The number of hydrogen-bond acceptors (Lipinski definition) is 3. The lowest BCUT2D eigenvalue weighted by Gasteiger charge is -2.13. The Morgan fingerprint density at radius 2 is 2.16 bits per heavy atom. The van der Waals surface area contributed by atoms with Crippen LogP contribution >= 0.6 is 28.7 Å². The van der Waals surface area contributed by atoms with Gasteiger partial charge < -0.3 is 5.73 Å². The van der Waals surface area contributed by atoms with Crippen molar-refractivity contribution in [2.45, 2.75) is 13.8 Å². The first-order valence-corrected chi connectivity index (χ1v) is 6.71. The Kier molecular flexibility index (Phi) is 3.86. The van der Waals surface area contributed by atoms with E-state index in [1.165, 1.54) is 0 Å². The lowest BCUT2D eigenvalue weighted by molar-refractivity contribution is 0.257. The van der Waals surface area contributed by atoms with Crippen LogP contribution in [0.1, 0.15) is 11.4 Å². The van der Waals surface area contributed by atoms with Gasteiger partial charge in [-0.1, -0.05) is 34.8 Å². The molecule has 19 heavy (non-hydrogen) atoms. The molecule has 0 aliphatic rings. The summed E-state index contributed by atoms with van der Waals surface area (Å²) in [4.78, 5) is 11.2. The molecule has 5 nitrogen and oxygen atoms in total. The topological polar surface area (TPSA) is 64.2 Å². The van der Waals surface area contributed by atoms with Crippen LogP contribution in [-0.4, -0.2) is 15.8 Å². The minimum atomic E-state index is -0.636. The van der Waals surface area contributed by atoms with E-state index in [1.807, 2.05) is 38.1 Å². The number of primary amides is 1. The van der Waals surface area contributed by atoms with Crippen molar-refractivity contribution in [1.82, 2.24) is 9.78 Å². The Morgan fingerprint density at radius 1 is 1.47 bits per heavy atom. The fourth-order valence-electron chi connectivity index (χ4n) is 1.91. The Bertz CT molecular complexity index is 641. The number of aryl methyl sites for hydroxylation is 1. The molecule has 0 aliphatic carbocycles. The number of carbonyl (C=O) groups is 1. The van der Waals surface area contributed by atoms with E-state index in [0.29, 0.717) is 11.4 Å². The van der Waals surface area contributed by atoms with Crippen molar-refractivity contribution in [3.63, 3.8) is 0 Å². The average Bonchev–Trinajstić information content (AvgIpc) is 2.64. The van der Waals surface area contributed by atoms with Crippen molar-refractivity contribution >= 4 is 40.5 Å². The number of thiol groups is 1. The number of hydrogen-bond donors (Lipinski definition) is 2. The van der Waals surface area contributed by atoms with Gasteiger partial charge in [0.2, 0.25) is 0 Å². The van der Waals surface area contributed by atoms with E-state index in [-0.39, 0.29) is 0 Å². The number of amides is 2. The minimum Gasteiger partial charge on any atom is -0.350 e. The van der Waals surface area contributed by atoms with Gasteiger partial charge in [0.25, 0.3) is 0 Å². The largest absolute Gasteiger partial charge is 0.350 e. The summed E-state index contributed by atoms with van der Waals surface area (Å²) in [5, 5.41) is 4.42. The van der Waals surface area contributed by atoms with Crippen LogP contribution in [0.4, 0.5) is 10.5 Å². The second-order valence-corrected chi connectivity index (χ2v) is 5.38. The van der Waals surface area contributed by atoms with Gasteiger partial charge in [-0.25, -0.2) is 13.8 Å². The Hall–Kier alpha value is -1.47. The molecule has 0 bridgehead atoms. The van der Waals surface area contributed by atoms with Crippen LogP contribution in [0, 0.1) is 13.8 Å². The minimum absolute atomic E-state index is 0.607. The van der Waals surface area contributed by atoms with Crippen LogP contribution < -0.4 is 10.0 Å². The third-order valence-corrected chi connectivity index (χ3v) is 3.62. The smallest absolute Gasteiger partial charge is 0.329 e. The van der Waals surface area contributed by atoms with Gasteiger partial charge in [-0.15, -0.1) is 0 Å². The predicted molar refractivity (Wildman–Crippen MR) is 81.8 cm³/mol. The summed E-state index contributed by atoms with van der Waals surface area (Å²) in [7, 11) is 0. The maximum Gasteiger partial charge on any atom is 0.329 e. The summed E-state index contributed by atoms with van der Waals surface area (Å²) in [5.41, 5.74) is 8.23. The molecule has 0 saturated carbocycles. The molecule has 0 unspecified atom stereocenters. The zero-order valence-electron chi connectivity index (χ0n) is 10.5. The number of nitrogens with zero attached hydrogens (tertiary/aromatic N) is 3. The number of aromatic nitrogens is 2. The number of urea groups is 1. The second-order valence-electron chi connectivity index (χ2n) is 4.06. The summed E-state index contributed by atoms with van der Waals surface area (Å²) in [5.74, 6) is 0. The van der Waals surface area contributed by atoms with Crippen molar-refractivity contribution in [2.24, 2.45) is 5.73 Å². The molecule has 2 N–H and O–H groups in total. The van der Waals surface area contributed by atoms with Crippen LogP contribution in [0.5, 0.6) is 0 Å². The molecule has 2 rings (SSSR count). The molecule has 0 atom stereocenters. The third-order valence-electron chi connectivity index (χ3n) is 2.73. The van der Waals surface area contributed by atoms with E-state index in [2.05, 4.69) is 33.8 Å². The molecule has 0 saturated heterocycles. The van der Waals surface area contributed by atoms with E-state index in [1.54, 1.807) is 4.68 Å². The van der Waals surface area contributed by atoms with Crippen molar-refractivity contribution in [2.75, 3.05) is 4.31 Å². The fraction of sp³-hybridized carbons (Fsp3) is 0.167. The van der Waals surface area contributed by atoms with E-state index < -0.39 is 6.03 Å². The van der Waals surface area contributed by atoms with Crippen LogP contribution in [0.2, 0.25) is 0 Å². The Labute approximate surface area is 125 Å². The number of halogens is 1. The molecular formula is C12H13BrN4OS. The second kappa shape index (κ2) is 5.26. The quantitative estimate of drug-likeness (QED) is 0.825. The fourth-order valence-corrected chi connectivity index (χ4v) is 2.59. The first kappa shape index (κ1) is 14.0. The molecule has 0 aliphatic heterocycles. The first-order valence-electron chi connectivity index (χ1n) is 5.52. The van der Waals surface area contributed by atoms with Gasteiger partial charge in [-0.05, 0) is 32.0 Å². The van der Waals surface area contributed by atoms with Gasteiger partial charge in [-0.3, -0.25) is 0 Å². The third kappa shape index (κ3) is 2.62. The summed E-state index contributed by atoms with van der Waals surface area (Å²) in [6.07, 6.45) is 0. The summed E-state index contributed by atoms with van der Waals surface area (Å²) in [6.45, 7) is 3.67. The normalized spacial score (nSPS) is 10.5. The summed E-state index contributed by atoms with van der Waals surface area (Å²) >= 11 is 7.52. The molecule has 0 spiro atoms. The zero-order valence-corrected chi connectivity index (χ0v) is 12.9. The SMILES string of the molecule is Cc1nn(-c2cccc(Br)c2)c(C)c1N(S)C(N)=O. The van der Waals surface area contributed by atoms with Gasteiger partial charge in [0, 0.05) is 4.47 Å². The molecule has 100 valence electrons. The van der Waals surface area contributed by atoms with Crippen molar-refractivity contribution in [3.05, 3.63) is 40.1 Å². The highest BCUT2D eigenvalue weighted by Gasteiger charge is 2.20. The first-order chi connectivity index (χ1) is 8.91. The van der Waals surface area contributed by atoms with Gasteiger partial charge in [0.15, 0.2) is 0 Å². The lowest BCUT2D eigenvalue weighted by atomic mass is 10.3. The molecule has 2 amide bonds. The predicted octanol–water partition coefficient (Wildman–Crippen LogP) is 2.98. The standard InChI is InChI=1S/C12H13BrN4OS/c1-7-11(17(19)12(14)18)8(2)16(15-7)10-5-3-4-9(13)6-10/h3-6,19H,1-2H3,(H2,14,18). The van der Waals surface area contributed by atoms with Crippen LogP contribution in [-0.2, 0) is 0 Å². The van der Waals surface area contributed by atoms with E-state index in [9.17, 15) is 4.79 Å². The van der Waals surface area contributed by atoms with Crippen LogP contribution in [0.15, 0.2) is 28.7 Å². The monoisotopic (exact) mass is 340 g/mol. The van der Waals surface area contributed by atoms with Crippen LogP contribution in [0.3, 0.4) is 0 Å². The number of anilines is 1. The molecule has 7 heteroatoms. The van der Waals surface area contributed by atoms with Crippen molar-refractivity contribution in [3.8, 4) is 5.69 Å². The summed E-state index contributed by atoms with van der Waals surface area (Å²) in [6, 6.07) is 7.09. The number of rotatable bonds is 2. The Morgan fingerprint density at radius 3 is 2.74 bits per heavy atom.